The van der Waals surface area contributed by atoms with Crippen LogP contribution in [0.3, 0.4) is 0 Å². The molecular weight excluding hydrogens is 503 g/mol. The average Bonchev–Trinajstić information content (AvgIpc) is 3.47. The van der Waals surface area contributed by atoms with E-state index in [9.17, 15) is 14.2 Å². The first kappa shape index (κ1) is 29.0. The predicted molar refractivity (Wildman–Crippen MR) is 135 cm³/mol. The van der Waals surface area contributed by atoms with Crippen molar-refractivity contribution in [2.75, 3.05) is 18.7 Å². The predicted octanol–water partition coefficient (Wildman–Crippen LogP) is 2.79. The number of nitrogens with two attached hydrogens (primary N) is 1. The van der Waals surface area contributed by atoms with Crippen LogP contribution in [0.2, 0.25) is 0 Å². The van der Waals surface area contributed by atoms with E-state index in [2.05, 4.69) is 20.0 Å². The van der Waals surface area contributed by atoms with Crippen molar-refractivity contribution < 1.29 is 32.9 Å². The molecule has 3 rings (SSSR count). The van der Waals surface area contributed by atoms with E-state index < -0.39 is 44.1 Å². The summed E-state index contributed by atoms with van der Waals surface area (Å²) in [7, 11) is -3.88. The lowest BCUT2D eigenvalue weighted by atomic mass is 10.1. The maximum atomic E-state index is 13.8. The number of imidazole rings is 1. The van der Waals surface area contributed by atoms with Crippen LogP contribution in [-0.2, 0) is 39.4 Å². The van der Waals surface area contributed by atoms with Gasteiger partial charge in [0.2, 0.25) is 0 Å². The zero-order valence-corrected chi connectivity index (χ0v) is 22.9. The highest BCUT2D eigenvalue weighted by Crippen LogP contribution is 2.45. The Hall–Kier alpha value is -2.60. The molecule has 2 aromatic rings. The molecule has 14 heteroatoms. The van der Waals surface area contributed by atoms with E-state index in [1.54, 1.807) is 45.5 Å². The lowest BCUT2D eigenvalue weighted by molar-refractivity contribution is -0.154. The van der Waals surface area contributed by atoms with Crippen LogP contribution in [0.25, 0.3) is 11.2 Å². The van der Waals surface area contributed by atoms with Gasteiger partial charge in [-0.1, -0.05) is 0 Å². The third-order valence-corrected chi connectivity index (χ3v) is 7.64. The van der Waals surface area contributed by atoms with Crippen molar-refractivity contribution in [1.29, 1.82) is 0 Å². The summed E-state index contributed by atoms with van der Waals surface area (Å²) in [6.45, 7) is 8.01. The average molecular weight is 541 g/mol. The summed E-state index contributed by atoms with van der Waals surface area (Å²) in [5.41, 5.74) is 5.49. The Labute approximate surface area is 216 Å². The van der Waals surface area contributed by atoms with Gasteiger partial charge in [0.1, 0.15) is 29.8 Å². The smallest absolute Gasteiger partial charge is 0.332 e. The molecule has 0 aliphatic heterocycles. The van der Waals surface area contributed by atoms with Crippen molar-refractivity contribution in [3.8, 4) is 0 Å². The van der Waals surface area contributed by atoms with Gasteiger partial charge in [0.05, 0.1) is 25.1 Å². The van der Waals surface area contributed by atoms with Gasteiger partial charge >= 0.3 is 11.9 Å². The number of carbonyl (C=O) groups is 2. The topological polar surface area (TPSA) is 170 Å². The quantitative estimate of drug-likeness (QED) is 0.282. The maximum absolute atomic E-state index is 13.8. The van der Waals surface area contributed by atoms with Crippen molar-refractivity contribution in [3.05, 3.63) is 12.7 Å². The molecule has 13 nitrogen and oxygen atoms in total. The number of nitrogens with zero attached hydrogens (tertiary/aromatic N) is 4. The van der Waals surface area contributed by atoms with E-state index in [-0.39, 0.29) is 18.0 Å². The summed E-state index contributed by atoms with van der Waals surface area (Å²) >= 11 is 0. The molecule has 37 heavy (non-hydrogen) atoms. The number of esters is 2. The number of nitrogens with one attached hydrogen (secondary N) is 1. The molecule has 1 aliphatic carbocycles. The van der Waals surface area contributed by atoms with E-state index >= 15 is 0 Å². The molecule has 0 aromatic carbocycles. The Morgan fingerprint density at radius 3 is 2.59 bits per heavy atom. The number of ether oxygens (including phenoxy) is 3. The molecular formula is C23H37N6O7P. The molecule has 0 bridgehead atoms. The Morgan fingerprint density at radius 2 is 1.92 bits per heavy atom. The molecule has 0 amide bonds. The first-order valence-electron chi connectivity index (χ1n) is 12.3. The van der Waals surface area contributed by atoms with Crippen LogP contribution in [0.4, 0.5) is 5.82 Å². The van der Waals surface area contributed by atoms with Crippen LogP contribution < -0.4 is 10.8 Å². The first-order valence-corrected chi connectivity index (χ1v) is 14.2. The minimum atomic E-state index is -3.88. The van der Waals surface area contributed by atoms with E-state index in [0.29, 0.717) is 17.7 Å². The highest BCUT2D eigenvalue weighted by atomic mass is 31.2. The summed E-state index contributed by atoms with van der Waals surface area (Å²) in [5, 5.41) is 2.77. The van der Waals surface area contributed by atoms with Gasteiger partial charge < -0.3 is 29.0 Å². The number of anilines is 1. The highest BCUT2D eigenvalue weighted by Gasteiger charge is 2.40. The first-order chi connectivity index (χ1) is 17.4. The van der Waals surface area contributed by atoms with E-state index in [1.807, 2.05) is 0 Å². The molecule has 1 aliphatic rings. The van der Waals surface area contributed by atoms with Gasteiger partial charge in [0, 0.05) is 0 Å². The number of nitrogen functional groups attached to an aromatic ring is 1. The van der Waals surface area contributed by atoms with Crippen LogP contribution in [0.5, 0.6) is 0 Å². The number of rotatable bonds is 13. The fourth-order valence-electron chi connectivity index (χ4n) is 3.92. The molecule has 0 spiro atoms. The second-order valence-corrected chi connectivity index (χ2v) is 12.1. The zero-order chi connectivity index (χ0) is 27.2. The second-order valence-electron chi connectivity index (χ2n) is 9.97. The lowest BCUT2D eigenvalue weighted by Crippen LogP contribution is -2.48. The van der Waals surface area contributed by atoms with E-state index in [4.69, 9.17) is 24.5 Å². The number of aromatic nitrogens is 4. The van der Waals surface area contributed by atoms with Gasteiger partial charge in [0.25, 0.3) is 7.52 Å². The Balaban J connectivity index is 1.67. The van der Waals surface area contributed by atoms with Crippen molar-refractivity contribution in [2.45, 2.75) is 90.7 Å². The Kier molecular flexibility index (Phi) is 9.63. The summed E-state index contributed by atoms with van der Waals surface area (Å²) in [4.78, 5) is 37.3. The third kappa shape index (κ3) is 8.19. The number of hydrogen-bond donors (Lipinski definition) is 2. The van der Waals surface area contributed by atoms with E-state index in [1.165, 1.54) is 6.33 Å². The van der Waals surface area contributed by atoms with Crippen LogP contribution in [0, 0.1) is 0 Å². The van der Waals surface area contributed by atoms with E-state index in [0.717, 1.165) is 25.7 Å². The molecule has 3 N–H and O–H groups in total. The Bertz CT molecular complexity index is 1130. The molecule has 2 unspecified atom stereocenters. The van der Waals surface area contributed by atoms with Crippen molar-refractivity contribution >= 4 is 36.4 Å². The molecule has 2 heterocycles. The molecule has 206 valence electrons. The van der Waals surface area contributed by atoms with Gasteiger partial charge in [-0.25, -0.2) is 24.8 Å². The maximum Gasteiger partial charge on any atom is 0.332 e. The van der Waals surface area contributed by atoms with Crippen LogP contribution in [0.1, 0.15) is 60.3 Å². The molecule has 2 atom stereocenters. The number of carbonyl (C=O) groups excluding carboxylic acids is 2. The lowest BCUT2D eigenvalue weighted by Gasteiger charge is -2.31. The van der Waals surface area contributed by atoms with Crippen LogP contribution >= 0.6 is 7.52 Å². The fraction of sp³-hybridized carbons (Fsp3) is 0.696. The summed E-state index contributed by atoms with van der Waals surface area (Å²) < 4.78 is 37.6. The van der Waals surface area contributed by atoms with Gasteiger partial charge in [0.15, 0.2) is 18.1 Å². The van der Waals surface area contributed by atoms with Crippen LogP contribution in [0.15, 0.2) is 12.7 Å². The molecule has 1 fully saturated rings. The molecule has 0 saturated heterocycles. The zero-order valence-electron chi connectivity index (χ0n) is 22.0. The largest absolute Gasteiger partial charge is 0.461 e. The standard InChI is InChI=1S/C23H37N6O7P/c1-15(2)35-18(30)11-34-37(32,28-23(4,5)22(31)36-17-8-6-7-9-17)14-33-16(3)10-29-13-27-19-20(24)25-12-26-21(19)29/h12-13,15-17H,6-11,14H2,1-5H3,(H,28,32)(H2,24,25,26). The summed E-state index contributed by atoms with van der Waals surface area (Å²) in [6, 6.07) is 0. The van der Waals surface area contributed by atoms with Gasteiger partial charge in [-0.15, -0.1) is 0 Å². The summed E-state index contributed by atoms with van der Waals surface area (Å²) in [6.07, 6.45) is 5.12. The molecule has 2 aromatic heterocycles. The summed E-state index contributed by atoms with van der Waals surface area (Å²) in [5.74, 6) is -0.971. The third-order valence-electron chi connectivity index (χ3n) is 5.71. The highest BCUT2D eigenvalue weighted by molar-refractivity contribution is 7.56. The molecule has 0 radical (unpaired) electrons. The van der Waals surface area contributed by atoms with Crippen molar-refractivity contribution in [2.24, 2.45) is 0 Å². The van der Waals surface area contributed by atoms with Gasteiger partial charge in [-0.2, -0.15) is 0 Å². The number of fused-ring (bicyclic) bond motifs is 1. The monoisotopic (exact) mass is 540 g/mol. The number of hydrogen-bond acceptors (Lipinski definition) is 11. The Morgan fingerprint density at radius 1 is 1.22 bits per heavy atom. The van der Waals surface area contributed by atoms with Crippen LogP contribution in [-0.4, -0.2) is 68.3 Å². The molecule has 1 saturated carbocycles. The normalized spacial score (nSPS) is 17.1. The van der Waals surface area contributed by atoms with Gasteiger partial charge in [-0.05, 0) is 60.3 Å². The fourth-order valence-corrected chi connectivity index (χ4v) is 5.83. The SMILES string of the molecule is CC(C)OC(=O)COP(=O)(COC(C)Cn1cnc2c(N)ncnc21)NC(C)(C)C(=O)OC1CCCC1. The van der Waals surface area contributed by atoms with Crippen molar-refractivity contribution in [1.82, 2.24) is 24.6 Å². The van der Waals surface area contributed by atoms with Crippen molar-refractivity contribution in [3.63, 3.8) is 0 Å². The minimum Gasteiger partial charge on any atom is -0.461 e. The van der Waals surface area contributed by atoms with Gasteiger partial charge in [-0.3, -0.25) is 9.36 Å². The second kappa shape index (κ2) is 12.3. The minimum absolute atomic E-state index is 0.158.